The molecule has 1 fully saturated rings. The fourth-order valence-corrected chi connectivity index (χ4v) is 4.35. The third-order valence-corrected chi connectivity index (χ3v) is 6.23. The molecule has 2 aliphatic rings. The van der Waals surface area contributed by atoms with Crippen LogP contribution >= 0.6 is 11.6 Å². The van der Waals surface area contributed by atoms with E-state index in [-0.39, 0.29) is 16.5 Å². The summed E-state index contributed by atoms with van der Waals surface area (Å²) < 4.78 is 0. The van der Waals surface area contributed by atoms with Crippen LogP contribution in [-0.2, 0) is 16.1 Å². The number of carbonyl (C=O) groups excluding carboxylic acids is 2. The van der Waals surface area contributed by atoms with Crippen molar-refractivity contribution in [3.63, 3.8) is 0 Å². The zero-order valence-corrected chi connectivity index (χ0v) is 18.4. The lowest BCUT2D eigenvalue weighted by atomic mass is 9.99. The van der Waals surface area contributed by atoms with Gasteiger partial charge in [-0.1, -0.05) is 47.5 Å². The smallest absolute Gasteiger partial charge is 0.277 e. The second-order valence-electron chi connectivity index (χ2n) is 8.20. The molecule has 0 N–H and O–H groups in total. The Morgan fingerprint density at radius 3 is 2.20 bits per heavy atom. The van der Waals surface area contributed by atoms with Crippen LogP contribution in [0.2, 0.25) is 0 Å². The predicted octanol–water partition coefficient (Wildman–Crippen LogP) is 3.57. The number of imide groups is 1. The number of carbonyl (C=O) groups is 2. The highest BCUT2D eigenvalue weighted by molar-refractivity contribution is 6.60. The van der Waals surface area contributed by atoms with Gasteiger partial charge in [-0.15, -0.1) is 0 Å². The van der Waals surface area contributed by atoms with Crippen LogP contribution in [0.5, 0.6) is 0 Å². The average molecular weight is 424 g/mol. The topological polar surface area (TPSA) is 43.9 Å². The largest absolute Gasteiger partial charge is 0.304 e. The lowest BCUT2D eigenvalue weighted by Crippen LogP contribution is -2.43. The normalized spacial score (nSPS) is 18.6. The van der Waals surface area contributed by atoms with E-state index in [4.69, 9.17) is 11.6 Å². The van der Waals surface area contributed by atoms with Gasteiger partial charge in [0.15, 0.2) is 0 Å². The van der Waals surface area contributed by atoms with Crippen LogP contribution in [0.15, 0.2) is 47.5 Å². The Morgan fingerprint density at radius 1 is 0.900 bits per heavy atom. The van der Waals surface area contributed by atoms with Crippen LogP contribution in [-0.4, -0.2) is 54.8 Å². The molecule has 0 unspecified atom stereocenters. The highest BCUT2D eigenvalue weighted by Crippen LogP contribution is 2.36. The highest BCUT2D eigenvalue weighted by Gasteiger charge is 2.39. The summed E-state index contributed by atoms with van der Waals surface area (Å²) in [4.78, 5) is 31.9. The summed E-state index contributed by atoms with van der Waals surface area (Å²) >= 11 is 6.34. The summed E-state index contributed by atoms with van der Waals surface area (Å²) in [5, 5.41) is -0.0199. The molecule has 2 aliphatic heterocycles. The molecule has 0 spiro atoms. The van der Waals surface area contributed by atoms with E-state index >= 15 is 0 Å². The minimum absolute atomic E-state index is 0.0199. The van der Waals surface area contributed by atoms with Crippen molar-refractivity contribution in [3.05, 3.63) is 69.8 Å². The standard InChI is InChI=1S/C24H26ClN3O2/c1-16-4-9-20(17(2)14-16)21-22(25)24(30)28(23(21)29)19-7-5-18(6-8-19)15-27-12-10-26(3)11-13-27/h4-9,14H,10-13,15H2,1-3H3. The minimum Gasteiger partial charge on any atom is -0.304 e. The van der Waals surface area contributed by atoms with Gasteiger partial charge in [0.05, 0.1) is 11.3 Å². The molecular weight excluding hydrogens is 398 g/mol. The molecule has 2 aromatic carbocycles. The molecule has 2 amide bonds. The molecule has 0 atom stereocenters. The van der Waals surface area contributed by atoms with E-state index in [1.165, 1.54) is 4.90 Å². The summed E-state index contributed by atoms with van der Waals surface area (Å²) in [5.74, 6) is -0.841. The van der Waals surface area contributed by atoms with Gasteiger partial charge in [-0.25, -0.2) is 4.90 Å². The summed E-state index contributed by atoms with van der Waals surface area (Å²) in [5.41, 5.74) is 4.71. The quantitative estimate of drug-likeness (QED) is 0.705. The monoisotopic (exact) mass is 423 g/mol. The SMILES string of the molecule is Cc1ccc(C2=C(Cl)C(=O)N(c3ccc(CN4CCN(C)CC4)cc3)C2=O)c(C)c1. The number of aryl methyl sites for hydroxylation is 2. The second kappa shape index (κ2) is 8.34. The van der Waals surface area contributed by atoms with Crippen molar-refractivity contribution in [3.8, 4) is 0 Å². The van der Waals surface area contributed by atoms with Crippen molar-refractivity contribution in [2.75, 3.05) is 38.1 Å². The Kier molecular flexibility index (Phi) is 5.78. The summed E-state index contributed by atoms with van der Waals surface area (Å²) in [6, 6.07) is 13.4. The Bertz CT molecular complexity index is 1020. The lowest BCUT2D eigenvalue weighted by Gasteiger charge is -2.32. The van der Waals surface area contributed by atoms with Gasteiger partial charge in [0, 0.05) is 32.7 Å². The van der Waals surface area contributed by atoms with Gasteiger partial charge < -0.3 is 4.90 Å². The number of rotatable bonds is 4. The second-order valence-corrected chi connectivity index (χ2v) is 8.58. The molecular formula is C24H26ClN3O2. The van der Waals surface area contributed by atoms with Gasteiger partial charge in [0.1, 0.15) is 5.03 Å². The van der Waals surface area contributed by atoms with Crippen LogP contribution in [0, 0.1) is 13.8 Å². The zero-order valence-electron chi connectivity index (χ0n) is 17.6. The molecule has 2 heterocycles. The first-order chi connectivity index (χ1) is 14.3. The number of halogens is 1. The van der Waals surface area contributed by atoms with Gasteiger partial charge in [-0.05, 0) is 49.7 Å². The van der Waals surface area contributed by atoms with Crippen LogP contribution in [0.25, 0.3) is 5.57 Å². The van der Waals surface area contributed by atoms with Crippen molar-refractivity contribution >= 4 is 34.7 Å². The van der Waals surface area contributed by atoms with E-state index < -0.39 is 5.91 Å². The van der Waals surface area contributed by atoms with Crippen molar-refractivity contribution < 1.29 is 9.59 Å². The van der Waals surface area contributed by atoms with Gasteiger partial charge in [0.25, 0.3) is 11.8 Å². The van der Waals surface area contributed by atoms with Crippen LogP contribution in [0.3, 0.4) is 0 Å². The number of likely N-dealkylation sites (N-methyl/N-ethyl adjacent to an activating group) is 1. The molecule has 0 bridgehead atoms. The number of piperazine rings is 1. The average Bonchev–Trinajstić information content (AvgIpc) is 2.94. The summed E-state index contributed by atoms with van der Waals surface area (Å²) in [6.07, 6.45) is 0. The van der Waals surface area contributed by atoms with Crippen molar-refractivity contribution in [2.24, 2.45) is 0 Å². The first-order valence-corrected chi connectivity index (χ1v) is 10.6. The molecule has 0 aliphatic carbocycles. The Labute approximate surface area is 182 Å². The van der Waals surface area contributed by atoms with Gasteiger partial charge in [-0.3, -0.25) is 14.5 Å². The zero-order chi connectivity index (χ0) is 21.4. The molecule has 5 nitrogen and oxygen atoms in total. The summed E-state index contributed by atoms with van der Waals surface area (Å²) in [6.45, 7) is 9.00. The third-order valence-electron chi connectivity index (χ3n) is 5.88. The fraction of sp³-hybridized carbons (Fsp3) is 0.333. The number of hydrogen-bond donors (Lipinski definition) is 0. The highest BCUT2D eigenvalue weighted by atomic mass is 35.5. The molecule has 0 saturated carbocycles. The van der Waals surface area contributed by atoms with Gasteiger partial charge >= 0.3 is 0 Å². The number of nitrogens with zero attached hydrogens (tertiary/aromatic N) is 3. The molecule has 1 saturated heterocycles. The van der Waals surface area contributed by atoms with Crippen LogP contribution in [0.1, 0.15) is 22.3 Å². The van der Waals surface area contributed by atoms with Crippen molar-refractivity contribution in [2.45, 2.75) is 20.4 Å². The molecule has 4 rings (SSSR count). The molecule has 6 heteroatoms. The maximum Gasteiger partial charge on any atom is 0.277 e. The third kappa shape index (κ3) is 3.93. The molecule has 0 radical (unpaired) electrons. The number of anilines is 1. The minimum atomic E-state index is -0.469. The fourth-order valence-electron chi connectivity index (χ4n) is 4.08. The van der Waals surface area contributed by atoms with E-state index in [2.05, 4.69) is 16.8 Å². The first kappa shape index (κ1) is 20.8. The van der Waals surface area contributed by atoms with E-state index in [1.807, 2.05) is 56.3 Å². The molecule has 30 heavy (non-hydrogen) atoms. The van der Waals surface area contributed by atoms with Crippen molar-refractivity contribution in [1.29, 1.82) is 0 Å². The van der Waals surface area contributed by atoms with Crippen LogP contribution in [0.4, 0.5) is 5.69 Å². The Hall–Kier alpha value is -2.47. The predicted molar refractivity (Wildman–Crippen MR) is 120 cm³/mol. The van der Waals surface area contributed by atoms with Gasteiger partial charge in [0.2, 0.25) is 0 Å². The van der Waals surface area contributed by atoms with Crippen LogP contribution < -0.4 is 4.90 Å². The number of benzene rings is 2. The Balaban J connectivity index is 1.53. The van der Waals surface area contributed by atoms with E-state index in [0.717, 1.165) is 49.4 Å². The summed E-state index contributed by atoms with van der Waals surface area (Å²) in [7, 11) is 2.14. The van der Waals surface area contributed by atoms with E-state index in [0.29, 0.717) is 11.3 Å². The molecule has 0 aromatic heterocycles. The van der Waals surface area contributed by atoms with Crippen molar-refractivity contribution in [1.82, 2.24) is 9.80 Å². The van der Waals surface area contributed by atoms with Gasteiger partial charge in [-0.2, -0.15) is 0 Å². The molecule has 2 aromatic rings. The molecule has 156 valence electrons. The maximum absolute atomic E-state index is 13.1. The maximum atomic E-state index is 13.1. The Morgan fingerprint density at radius 2 is 1.57 bits per heavy atom. The number of amides is 2. The van der Waals surface area contributed by atoms with E-state index in [1.54, 1.807) is 0 Å². The first-order valence-electron chi connectivity index (χ1n) is 10.2. The number of hydrogen-bond acceptors (Lipinski definition) is 4. The lowest BCUT2D eigenvalue weighted by molar-refractivity contribution is -0.119. The van der Waals surface area contributed by atoms with E-state index in [9.17, 15) is 9.59 Å².